The average molecular weight is 759 g/mol. The van der Waals surface area contributed by atoms with E-state index in [1.165, 1.54) is 10.4 Å². The van der Waals surface area contributed by atoms with E-state index in [1.807, 2.05) is 0 Å². The molecule has 2 saturated heterocycles. The highest BCUT2D eigenvalue weighted by Gasteiger charge is 2.51. The van der Waals surface area contributed by atoms with Gasteiger partial charge in [0.05, 0.1) is 11.2 Å². The summed E-state index contributed by atoms with van der Waals surface area (Å²) in [4.78, 5) is 32.4. The van der Waals surface area contributed by atoms with Crippen LogP contribution in [0.4, 0.5) is 26.3 Å². The van der Waals surface area contributed by atoms with Crippen molar-refractivity contribution in [1.29, 1.82) is 0 Å². The smallest absolute Gasteiger partial charge is 0.427 e. The summed E-state index contributed by atoms with van der Waals surface area (Å²) in [6.07, 6.45) is -7.80. The van der Waals surface area contributed by atoms with Crippen LogP contribution in [0.15, 0.2) is 40.7 Å². The van der Waals surface area contributed by atoms with Crippen LogP contribution in [0.2, 0.25) is 0 Å². The van der Waals surface area contributed by atoms with Gasteiger partial charge in [0.1, 0.15) is 17.1 Å². The van der Waals surface area contributed by atoms with Crippen LogP contribution in [0.25, 0.3) is 6.08 Å². The molecule has 0 bridgehead atoms. The minimum absolute atomic E-state index is 0.0682. The number of rotatable bonds is 7. The first kappa shape index (κ1) is 39.3. The summed E-state index contributed by atoms with van der Waals surface area (Å²) in [5.41, 5.74) is -4.36. The molecule has 2 fully saturated rings. The molecule has 2 aromatic rings. The Morgan fingerprint density at radius 1 is 0.962 bits per heavy atom. The lowest BCUT2D eigenvalue weighted by Gasteiger charge is -2.36. The predicted octanol–water partition coefficient (Wildman–Crippen LogP) is 5.74. The first-order valence-corrected chi connectivity index (χ1v) is 18.0. The third-order valence-corrected chi connectivity index (χ3v) is 11.4. The largest absolute Gasteiger partial charge is 0.478 e. The van der Waals surface area contributed by atoms with Crippen LogP contribution < -0.4 is 10.1 Å². The molecule has 2 N–H and O–H groups in total. The molecule has 17 heteroatoms. The van der Waals surface area contributed by atoms with E-state index in [4.69, 9.17) is 4.74 Å². The zero-order valence-corrected chi connectivity index (χ0v) is 30.0. The number of alkyl halides is 6. The van der Waals surface area contributed by atoms with E-state index >= 15 is 0 Å². The van der Waals surface area contributed by atoms with Crippen molar-refractivity contribution in [2.24, 2.45) is 4.99 Å². The van der Waals surface area contributed by atoms with Crippen molar-refractivity contribution in [3.63, 3.8) is 0 Å². The van der Waals surface area contributed by atoms with Gasteiger partial charge in [-0.15, -0.1) is 0 Å². The van der Waals surface area contributed by atoms with Gasteiger partial charge < -0.3 is 20.1 Å². The van der Waals surface area contributed by atoms with Crippen molar-refractivity contribution in [3.8, 4) is 5.75 Å². The molecule has 0 atom stereocenters. The maximum absolute atomic E-state index is 13.7. The Kier molecular flexibility index (Phi) is 10.2. The number of nitrogens with one attached hydrogen (secondary N) is 1. The maximum atomic E-state index is 13.7. The van der Waals surface area contributed by atoms with E-state index in [9.17, 15) is 49.5 Å². The number of aliphatic imine (C=N–C) groups is 1. The van der Waals surface area contributed by atoms with Gasteiger partial charge in [-0.1, -0.05) is 6.07 Å². The van der Waals surface area contributed by atoms with E-state index in [-0.39, 0.29) is 43.2 Å². The number of aliphatic hydroxyl groups is 1. The van der Waals surface area contributed by atoms with E-state index < -0.39 is 56.3 Å². The molecule has 0 aliphatic carbocycles. The summed E-state index contributed by atoms with van der Waals surface area (Å²) in [5, 5.41) is 13.7. The third-order valence-electron chi connectivity index (χ3n) is 9.87. The number of carbonyl (C=O) groups excluding carboxylic acids is 2. The van der Waals surface area contributed by atoms with Gasteiger partial charge in [0, 0.05) is 42.7 Å². The summed E-state index contributed by atoms with van der Waals surface area (Å²) in [6, 6.07) is 5.63. The molecule has 3 heterocycles. The fraction of sp³-hybridized carbons (Fsp3) is 0.514. The summed E-state index contributed by atoms with van der Waals surface area (Å²) in [7, 11) is -3.99. The number of amidine groups is 1. The van der Waals surface area contributed by atoms with E-state index in [0.717, 1.165) is 17.5 Å². The van der Waals surface area contributed by atoms with Gasteiger partial charge in [-0.25, -0.2) is 8.42 Å². The first-order chi connectivity index (χ1) is 23.8. The number of sulfonamides is 1. The van der Waals surface area contributed by atoms with Gasteiger partial charge in [-0.3, -0.25) is 14.6 Å². The van der Waals surface area contributed by atoms with Gasteiger partial charge in [-0.05, 0) is 107 Å². The van der Waals surface area contributed by atoms with E-state index in [2.05, 4.69) is 10.3 Å². The Balaban J connectivity index is 1.30. The summed E-state index contributed by atoms with van der Waals surface area (Å²) >= 11 is 0. The number of likely N-dealkylation sites (tertiary alicyclic amines) is 1. The number of amides is 2. The second kappa shape index (κ2) is 13.5. The molecule has 0 unspecified atom stereocenters. The third kappa shape index (κ3) is 8.00. The Morgan fingerprint density at radius 2 is 1.54 bits per heavy atom. The SMILES string of the molecule is Cc1cc(C(=O)N2CCC(C)(O)CC2)cc(C)c1/C=C/S(=O)(=O)N1CCC2(CC1)N=C(c1ccc(C(F)(F)F)c(OC(C)(C)C(F)(F)F)c1)NC2=O. The second-order valence-corrected chi connectivity index (χ2v) is 16.1. The van der Waals surface area contributed by atoms with Crippen molar-refractivity contribution in [3.05, 3.63) is 69.1 Å². The highest BCUT2D eigenvalue weighted by molar-refractivity contribution is 7.92. The summed E-state index contributed by atoms with van der Waals surface area (Å²) < 4.78 is 114. The van der Waals surface area contributed by atoms with E-state index in [1.54, 1.807) is 37.8 Å². The number of piperidine rings is 2. The number of carbonyl (C=O) groups is 2. The normalized spacial score (nSPS) is 20.0. The molecule has 0 aromatic heterocycles. The predicted molar refractivity (Wildman–Crippen MR) is 180 cm³/mol. The monoisotopic (exact) mass is 758 g/mol. The lowest BCUT2D eigenvalue weighted by atomic mass is 9.89. The minimum Gasteiger partial charge on any atom is -0.478 e. The van der Waals surface area contributed by atoms with Crippen LogP contribution in [0.3, 0.4) is 0 Å². The molecule has 10 nitrogen and oxygen atoms in total. The highest BCUT2D eigenvalue weighted by atomic mass is 32.2. The molecule has 2 aromatic carbocycles. The number of hydrogen-bond donors (Lipinski definition) is 2. The zero-order chi connectivity index (χ0) is 38.7. The van der Waals surface area contributed by atoms with E-state index in [0.29, 0.717) is 68.1 Å². The molecule has 52 heavy (non-hydrogen) atoms. The molecule has 1 spiro atoms. The quantitative estimate of drug-likeness (QED) is 0.347. The fourth-order valence-electron chi connectivity index (χ4n) is 6.40. The number of ether oxygens (including phenoxy) is 1. The number of hydrogen-bond acceptors (Lipinski definition) is 7. The number of halogens is 6. The molecule has 0 saturated carbocycles. The zero-order valence-electron chi connectivity index (χ0n) is 29.2. The number of nitrogens with zero attached hydrogens (tertiary/aromatic N) is 3. The van der Waals surface area contributed by atoms with Crippen LogP contribution in [0.1, 0.15) is 84.6 Å². The van der Waals surface area contributed by atoms with Gasteiger partial charge in [0.15, 0.2) is 5.60 Å². The van der Waals surface area contributed by atoms with Gasteiger partial charge in [-0.2, -0.15) is 30.6 Å². The molecule has 5 rings (SSSR count). The second-order valence-electron chi connectivity index (χ2n) is 14.3. The average Bonchev–Trinajstić information content (AvgIpc) is 3.33. The molecular formula is C35H40F6N4O6S. The molecule has 2 amide bonds. The first-order valence-electron chi connectivity index (χ1n) is 16.5. The minimum atomic E-state index is -5.04. The number of aryl methyl sites for hydroxylation is 2. The van der Waals surface area contributed by atoms with Gasteiger partial charge >= 0.3 is 12.4 Å². The standard InChI is InChI=1S/C35H40F6N4O6S/c1-21-18-24(29(46)44-13-9-32(5,48)10-14-44)19-22(2)25(21)8-17-52(49,50)45-15-11-33(12-16-45)30(47)42-28(43-33)23-6-7-26(34(36,37)38)27(20-23)51-31(3,4)35(39,40)41/h6-8,17-20,48H,9-16H2,1-5H3,(H,42,43,47)/b17-8+. The molecule has 284 valence electrons. The van der Waals surface area contributed by atoms with Crippen molar-refractivity contribution < 1.29 is 54.2 Å². The van der Waals surface area contributed by atoms with Crippen LogP contribution >= 0.6 is 0 Å². The van der Waals surface area contributed by atoms with Crippen LogP contribution in [0.5, 0.6) is 5.75 Å². The Bertz CT molecular complexity index is 1900. The Labute approximate surface area is 297 Å². The van der Waals surface area contributed by atoms with Gasteiger partial charge in [0.2, 0.25) is 10.0 Å². The molecule has 3 aliphatic rings. The fourth-order valence-corrected chi connectivity index (χ4v) is 7.57. The number of benzene rings is 2. The van der Waals surface area contributed by atoms with Crippen LogP contribution in [-0.2, 0) is 21.0 Å². The lowest BCUT2D eigenvalue weighted by molar-refractivity contribution is -0.236. The van der Waals surface area contributed by atoms with Crippen molar-refractivity contribution >= 4 is 33.7 Å². The van der Waals surface area contributed by atoms with Crippen molar-refractivity contribution in [2.75, 3.05) is 26.2 Å². The summed E-state index contributed by atoms with van der Waals surface area (Å²) in [5.74, 6) is -2.07. The van der Waals surface area contributed by atoms with Crippen LogP contribution in [-0.4, -0.2) is 89.5 Å². The molecule has 3 aliphatic heterocycles. The van der Waals surface area contributed by atoms with Crippen LogP contribution in [0, 0.1) is 13.8 Å². The molecular weight excluding hydrogens is 718 g/mol. The van der Waals surface area contributed by atoms with Gasteiger partial charge in [0.25, 0.3) is 11.8 Å². The van der Waals surface area contributed by atoms with Crippen molar-refractivity contribution in [2.45, 2.75) is 89.4 Å². The van der Waals surface area contributed by atoms with Crippen molar-refractivity contribution in [1.82, 2.24) is 14.5 Å². The molecule has 0 radical (unpaired) electrons. The Morgan fingerprint density at radius 3 is 2.08 bits per heavy atom. The summed E-state index contributed by atoms with van der Waals surface area (Å²) in [6.45, 7) is 7.05. The highest BCUT2D eigenvalue weighted by Crippen LogP contribution is 2.42. The maximum Gasteiger partial charge on any atom is 0.427 e. The topological polar surface area (TPSA) is 129 Å². The lowest BCUT2D eigenvalue weighted by Crippen LogP contribution is -2.50. The Hall–Kier alpha value is -3.96.